The molecule has 0 spiro atoms. The fourth-order valence-corrected chi connectivity index (χ4v) is 7.16. The lowest BCUT2D eigenvalue weighted by Gasteiger charge is -2.46. The molecule has 200 valence electrons. The molecule has 3 aromatic carbocycles. The van der Waals surface area contributed by atoms with E-state index in [2.05, 4.69) is 28.4 Å². The molecule has 0 bridgehead atoms. The fourth-order valence-electron chi connectivity index (χ4n) is 7.16. The summed E-state index contributed by atoms with van der Waals surface area (Å²) in [6.07, 6.45) is 4.38. The minimum atomic E-state index is -0.252. The lowest BCUT2D eigenvalue weighted by Crippen LogP contribution is -2.51. The Morgan fingerprint density at radius 3 is 2.18 bits per heavy atom. The largest absolute Gasteiger partial charge is 0.349 e. The SMILES string of the molecule is CC(=O)N1c2ccccc2[C@H]2[C@H](CCN2C(=O)[C@H]2CCCC[C@H]2NC(=O)c2ccccc2)[C@@H]1c1ccccc1. The first-order valence-corrected chi connectivity index (χ1v) is 14.1. The highest BCUT2D eigenvalue weighted by molar-refractivity contribution is 5.96. The minimum Gasteiger partial charge on any atom is -0.349 e. The van der Waals surface area contributed by atoms with Gasteiger partial charge < -0.3 is 15.1 Å². The summed E-state index contributed by atoms with van der Waals surface area (Å²) in [7, 11) is 0. The molecule has 6 heteroatoms. The predicted octanol–water partition coefficient (Wildman–Crippen LogP) is 5.67. The zero-order valence-corrected chi connectivity index (χ0v) is 22.3. The lowest BCUT2D eigenvalue weighted by molar-refractivity contribution is -0.139. The van der Waals surface area contributed by atoms with E-state index >= 15 is 0 Å². The Morgan fingerprint density at radius 2 is 1.44 bits per heavy atom. The third-order valence-corrected chi connectivity index (χ3v) is 8.84. The van der Waals surface area contributed by atoms with Crippen molar-refractivity contribution in [3.8, 4) is 0 Å². The fraction of sp³-hybridized carbons (Fsp3) is 0.364. The van der Waals surface area contributed by atoms with Gasteiger partial charge in [-0.2, -0.15) is 0 Å². The monoisotopic (exact) mass is 521 g/mol. The summed E-state index contributed by atoms with van der Waals surface area (Å²) < 4.78 is 0. The number of carbonyl (C=O) groups is 3. The molecule has 0 radical (unpaired) electrons. The van der Waals surface area contributed by atoms with E-state index in [1.54, 1.807) is 6.92 Å². The van der Waals surface area contributed by atoms with Crippen LogP contribution in [0.3, 0.4) is 0 Å². The van der Waals surface area contributed by atoms with E-state index < -0.39 is 0 Å². The summed E-state index contributed by atoms with van der Waals surface area (Å²) in [4.78, 5) is 44.4. The van der Waals surface area contributed by atoms with Gasteiger partial charge in [-0.1, -0.05) is 79.6 Å². The molecule has 2 fully saturated rings. The number of fused-ring (bicyclic) bond motifs is 3. The normalized spacial score (nSPS) is 25.9. The first kappa shape index (κ1) is 25.4. The first-order valence-electron chi connectivity index (χ1n) is 14.1. The number of carbonyl (C=O) groups excluding carboxylic acids is 3. The van der Waals surface area contributed by atoms with Crippen LogP contribution in [0, 0.1) is 11.8 Å². The number of benzene rings is 3. The summed E-state index contributed by atoms with van der Waals surface area (Å²) >= 11 is 0. The molecule has 1 saturated carbocycles. The molecule has 1 aliphatic carbocycles. The van der Waals surface area contributed by atoms with E-state index in [9.17, 15) is 14.4 Å². The molecule has 3 amide bonds. The second kappa shape index (κ2) is 10.7. The number of nitrogens with one attached hydrogen (secondary N) is 1. The second-order valence-corrected chi connectivity index (χ2v) is 11.1. The van der Waals surface area contributed by atoms with Gasteiger partial charge in [-0.15, -0.1) is 0 Å². The van der Waals surface area contributed by atoms with Gasteiger partial charge in [0, 0.05) is 36.7 Å². The van der Waals surface area contributed by atoms with Crippen LogP contribution < -0.4 is 10.2 Å². The topological polar surface area (TPSA) is 69.7 Å². The van der Waals surface area contributed by atoms with Crippen LogP contribution >= 0.6 is 0 Å². The van der Waals surface area contributed by atoms with Gasteiger partial charge in [0.25, 0.3) is 5.91 Å². The summed E-state index contributed by atoms with van der Waals surface area (Å²) in [6, 6.07) is 27.1. The second-order valence-electron chi connectivity index (χ2n) is 11.1. The van der Waals surface area contributed by atoms with Crippen molar-refractivity contribution in [2.75, 3.05) is 11.4 Å². The molecule has 2 aliphatic heterocycles. The van der Waals surface area contributed by atoms with Gasteiger partial charge in [0.2, 0.25) is 11.8 Å². The molecule has 0 unspecified atom stereocenters. The summed E-state index contributed by atoms with van der Waals surface area (Å²) in [5.74, 6) is -0.146. The Labute approximate surface area is 230 Å². The highest BCUT2D eigenvalue weighted by Gasteiger charge is 2.51. The number of hydrogen-bond donors (Lipinski definition) is 1. The van der Waals surface area contributed by atoms with Crippen LogP contribution in [0.4, 0.5) is 5.69 Å². The average molecular weight is 522 g/mol. The van der Waals surface area contributed by atoms with Gasteiger partial charge in [0.05, 0.1) is 18.0 Å². The van der Waals surface area contributed by atoms with Gasteiger partial charge in [-0.05, 0) is 48.6 Å². The van der Waals surface area contributed by atoms with Crippen molar-refractivity contribution < 1.29 is 14.4 Å². The Morgan fingerprint density at radius 1 is 0.769 bits per heavy atom. The number of nitrogens with zero attached hydrogens (tertiary/aromatic N) is 2. The van der Waals surface area contributed by atoms with Gasteiger partial charge in [-0.3, -0.25) is 14.4 Å². The predicted molar refractivity (Wildman–Crippen MR) is 151 cm³/mol. The quantitative estimate of drug-likeness (QED) is 0.481. The molecule has 3 aliphatic rings. The number of likely N-dealkylation sites (tertiary alicyclic amines) is 1. The minimum absolute atomic E-state index is 0.00972. The third kappa shape index (κ3) is 4.62. The van der Waals surface area contributed by atoms with Crippen LogP contribution in [-0.4, -0.2) is 35.2 Å². The first-order chi connectivity index (χ1) is 19.0. The molecule has 2 heterocycles. The maximum atomic E-state index is 14.3. The summed E-state index contributed by atoms with van der Waals surface area (Å²) in [5, 5.41) is 3.20. The number of hydrogen-bond acceptors (Lipinski definition) is 3. The number of amides is 3. The van der Waals surface area contributed by atoms with Gasteiger partial charge >= 0.3 is 0 Å². The van der Waals surface area contributed by atoms with Gasteiger partial charge in [0.15, 0.2) is 0 Å². The van der Waals surface area contributed by atoms with Crippen LogP contribution in [0.15, 0.2) is 84.9 Å². The molecule has 0 aromatic heterocycles. The van der Waals surface area contributed by atoms with Gasteiger partial charge in [-0.25, -0.2) is 0 Å². The van der Waals surface area contributed by atoms with Crippen molar-refractivity contribution in [3.05, 3.63) is 102 Å². The van der Waals surface area contributed by atoms with Crippen molar-refractivity contribution >= 4 is 23.4 Å². The molecule has 3 aromatic rings. The molecule has 6 rings (SSSR count). The van der Waals surface area contributed by atoms with Crippen molar-refractivity contribution in [3.63, 3.8) is 0 Å². The highest BCUT2D eigenvalue weighted by Crippen LogP contribution is 2.54. The zero-order valence-electron chi connectivity index (χ0n) is 22.3. The number of rotatable bonds is 4. The van der Waals surface area contributed by atoms with Crippen molar-refractivity contribution in [2.45, 2.75) is 57.2 Å². The van der Waals surface area contributed by atoms with E-state index in [1.165, 1.54) is 0 Å². The summed E-state index contributed by atoms with van der Waals surface area (Å²) in [6.45, 7) is 2.28. The van der Waals surface area contributed by atoms with E-state index in [-0.39, 0.29) is 47.7 Å². The Balaban J connectivity index is 1.33. The Hall–Kier alpha value is -3.93. The van der Waals surface area contributed by atoms with Crippen molar-refractivity contribution in [1.82, 2.24) is 10.2 Å². The standard InChI is InChI=1S/C33H35N3O3/c1-22(37)36-29-19-11-9-17-26(29)31-27(30(36)23-12-4-2-5-13-23)20-21-35(31)33(39)25-16-8-10-18-28(25)34-32(38)24-14-6-3-7-15-24/h2-7,9,11-15,17,19,25,27-28,30-31H,8,10,16,18,20-21H2,1H3,(H,34,38)/t25-,27+,28+,30-,31-/m0/s1. The van der Waals surface area contributed by atoms with Gasteiger partial charge in [0.1, 0.15) is 0 Å². The average Bonchev–Trinajstić information content (AvgIpc) is 3.42. The van der Waals surface area contributed by atoms with Crippen LogP contribution in [0.25, 0.3) is 0 Å². The van der Waals surface area contributed by atoms with Crippen molar-refractivity contribution in [1.29, 1.82) is 0 Å². The van der Waals surface area contributed by atoms with E-state index in [1.807, 2.05) is 71.6 Å². The Bertz CT molecular complexity index is 1360. The molecule has 1 N–H and O–H groups in total. The maximum Gasteiger partial charge on any atom is 0.251 e. The van der Waals surface area contributed by atoms with E-state index in [0.29, 0.717) is 12.1 Å². The molecule has 5 atom stereocenters. The summed E-state index contributed by atoms with van der Waals surface area (Å²) in [5.41, 5.74) is 3.64. The number of para-hydroxylation sites is 1. The van der Waals surface area contributed by atoms with E-state index in [0.717, 1.165) is 48.9 Å². The highest BCUT2D eigenvalue weighted by atomic mass is 16.2. The van der Waals surface area contributed by atoms with Crippen LogP contribution in [0.1, 0.15) is 72.6 Å². The third-order valence-electron chi connectivity index (χ3n) is 8.84. The number of anilines is 1. The lowest BCUT2D eigenvalue weighted by atomic mass is 9.78. The molecule has 39 heavy (non-hydrogen) atoms. The molecule has 6 nitrogen and oxygen atoms in total. The smallest absolute Gasteiger partial charge is 0.251 e. The maximum absolute atomic E-state index is 14.3. The van der Waals surface area contributed by atoms with Crippen LogP contribution in [0.2, 0.25) is 0 Å². The molecular formula is C33H35N3O3. The molecule has 1 saturated heterocycles. The van der Waals surface area contributed by atoms with Crippen molar-refractivity contribution in [2.24, 2.45) is 11.8 Å². The molecular weight excluding hydrogens is 486 g/mol. The van der Waals surface area contributed by atoms with E-state index in [4.69, 9.17) is 0 Å². The zero-order chi connectivity index (χ0) is 26.9. The van der Waals surface area contributed by atoms with Crippen LogP contribution in [-0.2, 0) is 9.59 Å². The van der Waals surface area contributed by atoms with Crippen LogP contribution in [0.5, 0.6) is 0 Å². The Kier molecular flexibility index (Phi) is 6.94.